The third-order valence-electron chi connectivity index (χ3n) is 8.03. The lowest BCUT2D eigenvalue weighted by Crippen LogP contribution is -2.52. The summed E-state index contributed by atoms with van der Waals surface area (Å²) < 4.78 is 0. The van der Waals surface area contributed by atoms with Crippen molar-refractivity contribution < 1.29 is 4.84 Å². The molecule has 0 spiro atoms. The molecule has 1 atom stereocenters. The molecular formula is C29H36ClN7O. The third kappa shape index (κ3) is 5.59. The van der Waals surface area contributed by atoms with Gasteiger partial charge in [-0.15, -0.1) is 0 Å². The molecule has 3 aliphatic heterocycles. The number of nitrogens with zero attached hydrogens (tertiary/aromatic N) is 6. The van der Waals surface area contributed by atoms with Crippen molar-refractivity contribution in [1.29, 1.82) is 0 Å². The predicted molar refractivity (Wildman–Crippen MR) is 153 cm³/mol. The number of hydrogen-bond acceptors (Lipinski definition) is 8. The molecule has 3 saturated heterocycles. The van der Waals surface area contributed by atoms with E-state index in [2.05, 4.69) is 68.4 Å². The first-order valence-electron chi connectivity index (χ1n) is 13.7. The van der Waals surface area contributed by atoms with Gasteiger partial charge in [0, 0.05) is 63.1 Å². The summed E-state index contributed by atoms with van der Waals surface area (Å²) in [6.45, 7) is 7.60. The molecule has 3 aliphatic rings. The Hall–Kier alpha value is -2.91. The zero-order valence-corrected chi connectivity index (χ0v) is 22.7. The fourth-order valence-electron chi connectivity index (χ4n) is 5.79. The topological polar surface area (TPSA) is 60.0 Å². The van der Waals surface area contributed by atoms with Crippen LogP contribution in [0.15, 0.2) is 60.8 Å². The largest absolute Gasteiger partial charge is 0.371 e. The van der Waals surface area contributed by atoms with Crippen LogP contribution in [0.3, 0.4) is 0 Å². The number of likely N-dealkylation sites (N-methyl/N-ethyl adjacent to an activating group) is 1. The minimum absolute atomic E-state index is 0.0659. The molecule has 1 N–H and O–H groups in total. The highest BCUT2D eigenvalue weighted by Crippen LogP contribution is 2.37. The summed E-state index contributed by atoms with van der Waals surface area (Å²) >= 11 is 6.52. The van der Waals surface area contributed by atoms with E-state index in [0.29, 0.717) is 23.4 Å². The maximum atomic E-state index is 6.52. The Labute approximate surface area is 230 Å². The summed E-state index contributed by atoms with van der Waals surface area (Å²) in [7, 11) is 2.22. The lowest BCUT2D eigenvalue weighted by Gasteiger charge is -2.42. The summed E-state index contributed by atoms with van der Waals surface area (Å²) in [5, 5.41) is 5.63. The van der Waals surface area contributed by atoms with Crippen LogP contribution in [0.5, 0.6) is 0 Å². The molecule has 0 amide bonds. The zero-order valence-electron chi connectivity index (χ0n) is 22.0. The molecule has 200 valence electrons. The second kappa shape index (κ2) is 11.5. The third-order valence-corrected chi connectivity index (χ3v) is 8.30. The molecule has 1 aromatic heterocycles. The maximum absolute atomic E-state index is 6.52. The number of hydrogen-bond donors (Lipinski definition) is 1. The van der Waals surface area contributed by atoms with Gasteiger partial charge in [0.2, 0.25) is 5.95 Å². The second-order valence-electron chi connectivity index (χ2n) is 10.5. The van der Waals surface area contributed by atoms with Crippen LogP contribution in [0.25, 0.3) is 0 Å². The number of hydroxylamine groups is 1. The molecule has 9 heteroatoms. The molecule has 0 saturated carbocycles. The number of piperidine rings is 1. The predicted octanol–water partition coefficient (Wildman–Crippen LogP) is 4.97. The molecule has 3 fully saturated rings. The van der Waals surface area contributed by atoms with Crippen LogP contribution in [0.2, 0.25) is 5.02 Å². The average molecular weight is 534 g/mol. The van der Waals surface area contributed by atoms with E-state index in [9.17, 15) is 0 Å². The number of nitrogens with one attached hydrogen (secondary N) is 1. The van der Waals surface area contributed by atoms with Crippen LogP contribution < -0.4 is 15.3 Å². The van der Waals surface area contributed by atoms with Gasteiger partial charge in [-0.1, -0.05) is 41.9 Å². The molecule has 38 heavy (non-hydrogen) atoms. The Kier molecular flexibility index (Phi) is 7.65. The minimum atomic E-state index is 0.0659. The van der Waals surface area contributed by atoms with E-state index in [1.54, 1.807) is 6.20 Å². The van der Waals surface area contributed by atoms with Gasteiger partial charge >= 0.3 is 0 Å². The van der Waals surface area contributed by atoms with E-state index in [0.717, 1.165) is 31.2 Å². The summed E-state index contributed by atoms with van der Waals surface area (Å²) in [5.41, 5.74) is 3.38. The molecule has 1 unspecified atom stereocenters. The Morgan fingerprint density at radius 2 is 1.63 bits per heavy atom. The first kappa shape index (κ1) is 25.4. The van der Waals surface area contributed by atoms with Crippen LogP contribution in [0.4, 0.5) is 23.1 Å². The van der Waals surface area contributed by atoms with Gasteiger partial charge in [0.1, 0.15) is 5.02 Å². The molecule has 6 rings (SSSR count). The highest BCUT2D eigenvalue weighted by atomic mass is 35.5. The molecule has 0 aliphatic carbocycles. The molecule has 2 aromatic carbocycles. The second-order valence-corrected chi connectivity index (χ2v) is 10.9. The van der Waals surface area contributed by atoms with Crippen LogP contribution in [0, 0.1) is 0 Å². The molecule has 4 heterocycles. The molecule has 8 nitrogen and oxygen atoms in total. The smallest absolute Gasteiger partial charge is 0.229 e. The Bertz CT molecular complexity index is 1200. The van der Waals surface area contributed by atoms with Gasteiger partial charge in [0.25, 0.3) is 0 Å². The lowest BCUT2D eigenvalue weighted by atomic mass is 10.0. The standard InChI is InChI=1S/C29H36ClN7O/c1-34-16-18-36(19-17-34)25-11-14-35(15-12-25)24-9-7-23(8-10-24)32-29-31-21-26(30)28(33-29)37-27(13-20-38-37)22-5-3-2-4-6-22/h2-10,21,25,27H,11-20H2,1H3,(H,31,32,33). The summed E-state index contributed by atoms with van der Waals surface area (Å²) in [6.07, 6.45) is 4.97. The number of piperazine rings is 1. The highest BCUT2D eigenvalue weighted by Gasteiger charge is 2.31. The van der Waals surface area contributed by atoms with Crippen molar-refractivity contribution in [1.82, 2.24) is 19.8 Å². The van der Waals surface area contributed by atoms with Crippen LogP contribution >= 0.6 is 11.6 Å². The number of anilines is 4. The zero-order chi connectivity index (χ0) is 25.9. The maximum Gasteiger partial charge on any atom is 0.229 e. The van der Waals surface area contributed by atoms with Crippen LogP contribution in [-0.4, -0.2) is 78.7 Å². The number of halogens is 1. The van der Waals surface area contributed by atoms with Gasteiger partial charge in [-0.3, -0.25) is 9.74 Å². The van der Waals surface area contributed by atoms with E-state index in [1.807, 2.05) is 23.3 Å². The first-order valence-corrected chi connectivity index (χ1v) is 14.1. The van der Waals surface area contributed by atoms with Crippen molar-refractivity contribution in [3.8, 4) is 0 Å². The van der Waals surface area contributed by atoms with Crippen molar-refractivity contribution >= 4 is 34.7 Å². The first-order chi connectivity index (χ1) is 18.6. The quantitative estimate of drug-likeness (QED) is 0.476. The summed E-state index contributed by atoms with van der Waals surface area (Å²) in [6, 6.07) is 19.7. The number of rotatable bonds is 6. The molecule has 0 radical (unpaired) electrons. The number of benzene rings is 2. The fraction of sp³-hybridized carbons (Fsp3) is 0.448. The Morgan fingerprint density at radius 3 is 2.37 bits per heavy atom. The Morgan fingerprint density at radius 1 is 0.895 bits per heavy atom. The van der Waals surface area contributed by atoms with Gasteiger partial charge < -0.3 is 15.1 Å². The van der Waals surface area contributed by atoms with Crippen LogP contribution in [-0.2, 0) is 4.84 Å². The van der Waals surface area contributed by atoms with E-state index in [4.69, 9.17) is 21.4 Å². The normalized spacial score (nSPS) is 21.7. The molecule has 3 aromatic rings. The highest BCUT2D eigenvalue weighted by molar-refractivity contribution is 6.32. The lowest BCUT2D eigenvalue weighted by molar-refractivity contribution is 0.0982. The fourth-order valence-corrected chi connectivity index (χ4v) is 5.96. The van der Waals surface area contributed by atoms with Gasteiger partial charge in [-0.25, -0.2) is 10.0 Å². The van der Waals surface area contributed by atoms with Gasteiger partial charge in [0.15, 0.2) is 5.82 Å². The van der Waals surface area contributed by atoms with E-state index >= 15 is 0 Å². The minimum Gasteiger partial charge on any atom is -0.371 e. The number of aromatic nitrogens is 2. The average Bonchev–Trinajstić information content (AvgIpc) is 3.45. The van der Waals surface area contributed by atoms with Crippen molar-refractivity contribution in [2.24, 2.45) is 0 Å². The SMILES string of the molecule is CN1CCN(C2CCN(c3ccc(Nc4ncc(Cl)c(N5OCCC5c5ccccc5)n4)cc3)CC2)CC1. The van der Waals surface area contributed by atoms with Gasteiger partial charge in [0.05, 0.1) is 18.8 Å². The summed E-state index contributed by atoms with van der Waals surface area (Å²) in [5.74, 6) is 1.07. The summed E-state index contributed by atoms with van der Waals surface area (Å²) in [4.78, 5) is 22.7. The van der Waals surface area contributed by atoms with Crippen molar-refractivity contribution in [3.63, 3.8) is 0 Å². The van der Waals surface area contributed by atoms with E-state index in [-0.39, 0.29) is 6.04 Å². The monoisotopic (exact) mass is 533 g/mol. The van der Waals surface area contributed by atoms with Crippen molar-refractivity contribution in [2.75, 3.05) is 68.2 Å². The van der Waals surface area contributed by atoms with Gasteiger partial charge in [-0.2, -0.15) is 4.98 Å². The van der Waals surface area contributed by atoms with Gasteiger partial charge in [-0.05, 0) is 49.7 Å². The molecule has 0 bridgehead atoms. The molecular weight excluding hydrogens is 498 g/mol. The van der Waals surface area contributed by atoms with Crippen LogP contribution in [0.1, 0.15) is 30.9 Å². The van der Waals surface area contributed by atoms with E-state index in [1.165, 1.54) is 50.3 Å². The van der Waals surface area contributed by atoms with Crippen molar-refractivity contribution in [3.05, 3.63) is 71.4 Å². The van der Waals surface area contributed by atoms with E-state index < -0.39 is 0 Å². The Balaban J connectivity index is 1.08. The van der Waals surface area contributed by atoms with Crippen molar-refractivity contribution in [2.45, 2.75) is 31.3 Å².